The monoisotopic (exact) mass is 342 g/mol. The topological polar surface area (TPSA) is 91.6 Å². The van der Waals surface area contributed by atoms with Crippen LogP contribution in [0.1, 0.15) is 41.3 Å². The van der Waals surface area contributed by atoms with Crippen molar-refractivity contribution < 1.29 is 19.1 Å². The Morgan fingerprint density at radius 1 is 1.32 bits per heavy atom. The first-order chi connectivity index (χ1) is 12.0. The van der Waals surface area contributed by atoms with Crippen LogP contribution in [0.5, 0.6) is 0 Å². The van der Waals surface area contributed by atoms with Crippen LogP contribution < -0.4 is 10.6 Å². The molecule has 2 amide bonds. The minimum atomic E-state index is -1.07. The van der Waals surface area contributed by atoms with Crippen LogP contribution in [-0.4, -0.2) is 29.5 Å². The Kier molecular flexibility index (Phi) is 4.90. The Bertz CT molecular complexity index is 757. The number of hydrogen-bond donors (Lipinski definition) is 3. The summed E-state index contributed by atoms with van der Waals surface area (Å²) in [5, 5.41) is 16.3. The number of nitrogens with one attached hydrogen (secondary N) is 2. The third kappa shape index (κ3) is 3.74. The van der Waals surface area contributed by atoms with Crippen molar-refractivity contribution in [3.05, 3.63) is 59.5 Å². The van der Waals surface area contributed by atoms with Crippen LogP contribution in [0.2, 0.25) is 0 Å². The average molecular weight is 342 g/mol. The molecular weight excluding hydrogens is 320 g/mol. The summed E-state index contributed by atoms with van der Waals surface area (Å²) >= 11 is 0. The van der Waals surface area contributed by atoms with E-state index >= 15 is 0 Å². The van der Waals surface area contributed by atoms with Gasteiger partial charge in [0.05, 0.1) is 18.4 Å². The van der Waals surface area contributed by atoms with Gasteiger partial charge < -0.3 is 20.2 Å². The number of hydrogen-bond acceptors (Lipinski definition) is 4. The van der Waals surface area contributed by atoms with Crippen molar-refractivity contribution >= 4 is 11.8 Å². The van der Waals surface area contributed by atoms with Crippen molar-refractivity contribution in [3.63, 3.8) is 0 Å². The van der Waals surface area contributed by atoms with Crippen LogP contribution >= 0.6 is 0 Å². The van der Waals surface area contributed by atoms with Crippen LogP contribution in [0.4, 0.5) is 0 Å². The quantitative estimate of drug-likeness (QED) is 0.772. The normalized spacial score (nSPS) is 20.4. The number of fused-ring (bicyclic) bond motifs is 1. The molecule has 0 spiro atoms. The SMILES string of the molecule is C[C@@H](NC(=O)c1ccoc1)C(=O)NC[C@@]1(O)CCCc2ccccc21. The van der Waals surface area contributed by atoms with E-state index in [9.17, 15) is 14.7 Å². The Balaban J connectivity index is 1.59. The van der Waals surface area contributed by atoms with Crippen molar-refractivity contribution in [3.8, 4) is 0 Å². The molecule has 6 nitrogen and oxygen atoms in total. The summed E-state index contributed by atoms with van der Waals surface area (Å²) in [5.41, 5.74) is 1.28. The molecule has 3 rings (SSSR count). The van der Waals surface area contributed by atoms with E-state index in [2.05, 4.69) is 10.6 Å². The first-order valence-electron chi connectivity index (χ1n) is 8.41. The number of amides is 2. The van der Waals surface area contributed by atoms with Gasteiger partial charge in [0.15, 0.2) is 0 Å². The molecule has 2 atom stereocenters. The molecule has 1 aromatic carbocycles. The molecule has 25 heavy (non-hydrogen) atoms. The van der Waals surface area contributed by atoms with E-state index in [1.54, 1.807) is 6.92 Å². The lowest BCUT2D eigenvalue weighted by Crippen LogP contribution is -2.49. The highest BCUT2D eigenvalue weighted by molar-refractivity contribution is 5.97. The van der Waals surface area contributed by atoms with Crippen molar-refractivity contribution in [1.29, 1.82) is 0 Å². The first kappa shape index (κ1) is 17.2. The van der Waals surface area contributed by atoms with Crippen molar-refractivity contribution in [2.24, 2.45) is 0 Å². The zero-order chi connectivity index (χ0) is 17.9. The molecule has 0 saturated carbocycles. The van der Waals surface area contributed by atoms with E-state index < -0.39 is 11.6 Å². The molecule has 0 bridgehead atoms. The van der Waals surface area contributed by atoms with Crippen molar-refractivity contribution in [2.45, 2.75) is 37.8 Å². The van der Waals surface area contributed by atoms with Gasteiger partial charge in [0.25, 0.3) is 5.91 Å². The van der Waals surface area contributed by atoms with Gasteiger partial charge in [-0.3, -0.25) is 9.59 Å². The Labute approximate surface area is 146 Å². The standard InChI is InChI=1S/C19H22N2O4/c1-13(21-18(23)15-8-10-25-11-15)17(22)20-12-19(24)9-4-6-14-5-2-3-7-16(14)19/h2-3,5,7-8,10-11,13,24H,4,6,9,12H2,1H3,(H,20,22)(H,21,23)/t13-,19+/m1/s1. The van der Waals surface area contributed by atoms with Gasteiger partial charge in [-0.05, 0) is 43.4 Å². The fourth-order valence-electron chi connectivity index (χ4n) is 3.21. The molecule has 1 aliphatic carbocycles. The number of furan rings is 1. The third-order valence-electron chi connectivity index (χ3n) is 4.63. The maximum absolute atomic E-state index is 12.3. The summed E-state index contributed by atoms with van der Waals surface area (Å²) in [5.74, 6) is -0.716. The fourth-order valence-corrected chi connectivity index (χ4v) is 3.21. The number of aliphatic hydroxyl groups is 1. The van der Waals surface area contributed by atoms with Gasteiger partial charge in [-0.25, -0.2) is 0 Å². The molecule has 132 valence electrons. The van der Waals surface area contributed by atoms with Crippen LogP contribution in [-0.2, 0) is 16.8 Å². The van der Waals surface area contributed by atoms with E-state index in [4.69, 9.17) is 4.42 Å². The van der Waals surface area contributed by atoms with E-state index in [1.807, 2.05) is 24.3 Å². The highest BCUT2D eigenvalue weighted by Gasteiger charge is 2.34. The van der Waals surface area contributed by atoms with Crippen LogP contribution in [0.25, 0.3) is 0 Å². The zero-order valence-electron chi connectivity index (χ0n) is 14.1. The summed E-state index contributed by atoms with van der Waals surface area (Å²) in [6, 6.07) is 8.58. The summed E-state index contributed by atoms with van der Waals surface area (Å²) < 4.78 is 4.86. The lowest BCUT2D eigenvalue weighted by molar-refractivity contribution is -0.124. The van der Waals surface area contributed by atoms with Gasteiger partial charge >= 0.3 is 0 Å². The highest BCUT2D eigenvalue weighted by Crippen LogP contribution is 2.34. The lowest BCUT2D eigenvalue weighted by atomic mass is 9.79. The molecule has 0 fully saturated rings. The summed E-state index contributed by atoms with van der Waals surface area (Å²) in [7, 11) is 0. The summed E-state index contributed by atoms with van der Waals surface area (Å²) in [6.07, 6.45) is 5.12. The van der Waals surface area contributed by atoms with Crippen molar-refractivity contribution in [1.82, 2.24) is 10.6 Å². The Morgan fingerprint density at radius 3 is 2.88 bits per heavy atom. The lowest BCUT2D eigenvalue weighted by Gasteiger charge is -2.35. The summed E-state index contributed by atoms with van der Waals surface area (Å²) in [6.45, 7) is 1.72. The molecule has 1 aliphatic rings. The van der Waals surface area contributed by atoms with Gasteiger partial charge in [-0.15, -0.1) is 0 Å². The van der Waals surface area contributed by atoms with E-state index in [1.165, 1.54) is 18.6 Å². The second-order valence-corrected chi connectivity index (χ2v) is 6.47. The number of benzene rings is 1. The Hall–Kier alpha value is -2.60. The number of aryl methyl sites for hydroxylation is 1. The Morgan fingerprint density at radius 2 is 2.12 bits per heavy atom. The average Bonchev–Trinajstić information content (AvgIpc) is 3.15. The van der Waals surface area contributed by atoms with Gasteiger partial charge in [0, 0.05) is 0 Å². The second-order valence-electron chi connectivity index (χ2n) is 6.47. The minimum absolute atomic E-state index is 0.120. The molecule has 2 aromatic rings. The molecule has 0 saturated heterocycles. The first-order valence-corrected chi connectivity index (χ1v) is 8.41. The third-order valence-corrected chi connectivity index (χ3v) is 4.63. The van der Waals surface area contributed by atoms with Crippen LogP contribution in [0.3, 0.4) is 0 Å². The van der Waals surface area contributed by atoms with Gasteiger partial charge in [0.1, 0.15) is 17.9 Å². The second kappa shape index (κ2) is 7.11. The predicted octanol–water partition coefficient (Wildman–Crippen LogP) is 1.74. The van der Waals surface area contributed by atoms with E-state index in [0.717, 1.165) is 24.0 Å². The van der Waals surface area contributed by atoms with Crippen LogP contribution in [0, 0.1) is 0 Å². The fraction of sp³-hybridized carbons (Fsp3) is 0.368. The molecule has 6 heteroatoms. The summed E-state index contributed by atoms with van der Waals surface area (Å²) in [4.78, 5) is 24.2. The molecule has 1 aromatic heterocycles. The van der Waals surface area contributed by atoms with Crippen LogP contribution in [0.15, 0.2) is 47.3 Å². The smallest absolute Gasteiger partial charge is 0.255 e. The molecule has 0 aliphatic heterocycles. The largest absolute Gasteiger partial charge is 0.472 e. The van der Waals surface area contributed by atoms with E-state index in [-0.39, 0.29) is 18.4 Å². The molecule has 0 radical (unpaired) electrons. The van der Waals surface area contributed by atoms with Gasteiger partial charge in [-0.1, -0.05) is 24.3 Å². The van der Waals surface area contributed by atoms with E-state index in [0.29, 0.717) is 12.0 Å². The maximum Gasteiger partial charge on any atom is 0.255 e. The number of carbonyl (C=O) groups is 2. The van der Waals surface area contributed by atoms with Crippen molar-refractivity contribution in [2.75, 3.05) is 6.54 Å². The minimum Gasteiger partial charge on any atom is -0.472 e. The van der Waals surface area contributed by atoms with Gasteiger partial charge in [0.2, 0.25) is 5.91 Å². The highest BCUT2D eigenvalue weighted by atomic mass is 16.3. The molecular formula is C19H22N2O4. The molecule has 3 N–H and O–H groups in total. The molecule has 1 heterocycles. The predicted molar refractivity (Wildman–Crippen MR) is 91.9 cm³/mol. The maximum atomic E-state index is 12.3. The number of rotatable bonds is 5. The molecule has 0 unspecified atom stereocenters. The van der Waals surface area contributed by atoms with Gasteiger partial charge in [-0.2, -0.15) is 0 Å². The zero-order valence-corrected chi connectivity index (χ0v) is 14.1. The number of carbonyl (C=O) groups excluding carboxylic acids is 2.